The molecule has 1 aliphatic heterocycles. The number of halogens is 2. The highest BCUT2D eigenvalue weighted by atomic mass is 79.9. The minimum absolute atomic E-state index is 0. The molecule has 114 valence electrons. The number of hydrogen-bond donors (Lipinski definition) is 1. The highest BCUT2D eigenvalue weighted by Gasteiger charge is 2.23. The van der Waals surface area contributed by atoms with Crippen LogP contribution < -0.4 is 5.73 Å². The molecule has 0 saturated carbocycles. The summed E-state index contributed by atoms with van der Waals surface area (Å²) in [4.78, 5) is 5.07. The van der Waals surface area contributed by atoms with Gasteiger partial charge in [-0.05, 0) is 24.1 Å². The van der Waals surface area contributed by atoms with Crippen molar-refractivity contribution in [1.29, 1.82) is 0 Å². The Morgan fingerprint density at radius 1 is 1.15 bits per heavy atom. The number of nitrogens with two attached hydrogens (primary N) is 1. The summed E-state index contributed by atoms with van der Waals surface area (Å²) >= 11 is 3.51. The topological polar surface area (TPSA) is 32.5 Å². The van der Waals surface area contributed by atoms with Gasteiger partial charge < -0.3 is 5.73 Å². The standard InChI is InChI=1S/C15H24BrN3.ClH/c1-2-15(13-3-5-14(16)6-4-13)19-11-9-18(8-7-17)10-12-19;/h3-6,15H,2,7-12,17H2,1H3;1H. The fraction of sp³-hybridized carbons (Fsp3) is 0.600. The Bertz CT molecular complexity index is 377. The molecule has 1 heterocycles. The molecule has 1 fully saturated rings. The average Bonchev–Trinajstić information content (AvgIpc) is 2.44. The first-order valence-electron chi connectivity index (χ1n) is 7.16. The monoisotopic (exact) mass is 361 g/mol. The van der Waals surface area contributed by atoms with Gasteiger partial charge in [0.05, 0.1) is 0 Å². The summed E-state index contributed by atoms with van der Waals surface area (Å²) in [5, 5.41) is 0. The zero-order valence-electron chi connectivity index (χ0n) is 12.1. The minimum atomic E-state index is 0. The van der Waals surface area contributed by atoms with E-state index in [1.165, 1.54) is 12.0 Å². The maximum Gasteiger partial charge on any atom is 0.0346 e. The van der Waals surface area contributed by atoms with Crippen molar-refractivity contribution < 1.29 is 0 Å². The van der Waals surface area contributed by atoms with E-state index in [4.69, 9.17) is 5.73 Å². The fourth-order valence-corrected chi connectivity index (χ4v) is 3.14. The van der Waals surface area contributed by atoms with Crippen LogP contribution in [0.4, 0.5) is 0 Å². The Labute approximate surface area is 137 Å². The van der Waals surface area contributed by atoms with Crippen LogP contribution in [0.25, 0.3) is 0 Å². The normalized spacial score (nSPS) is 18.6. The first-order valence-corrected chi connectivity index (χ1v) is 7.95. The Hall–Kier alpha value is -0.130. The predicted molar refractivity (Wildman–Crippen MR) is 91.5 cm³/mol. The van der Waals surface area contributed by atoms with E-state index in [0.717, 1.165) is 43.7 Å². The smallest absolute Gasteiger partial charge is 0.0346 e. The molecule has 1 aromatic rings. The Morgan fingerprint density at radius 2 is 1.75 bits per heavy atom. The van der Waals surface area contributed by atoms with Crippen molar-refractivity contribution in [3.05, 3.63) is 34.3 Å². The summed E-state index contributed by atoms with van der Waals surface area (Å²) in [7, 11) is 0. The average molecular weight is 363 g/mol. The third-order valence-electron chi connectivity index (χ3n) is 3.93. The maximum absolute atomic E-state index is 5.63. The number of piperazine rings is 1. The molecule has 1 atom stereocenters. The molecule has 0 aromatic heterocycles. The second-order valence-electron chi connectivity index (χ2n) is 5.14. The highest BCUT2D eigenvalue weighted by molar-refractivity contribution is 9.10. The summed E-state index contributed by atoms with van der Waals surface area (Å²) < 4.78 is 1.15. The molecular formula is C15H25BrClN3. The van der Waals surface area contributed by atoms with Crippen molar-refractivity contribution in [2.75, 3.05) is 39.3 Å². The first-order chi connectivity index (χ1) is 9.24. The summed E-state index contributed by atoms with van der Waals surface area (Å²) in [6.45, 7) is 8.66. The van der Waals surface area contributed by atoms with Gasteiger partial charge in [-0.25, -0.2) is 0 Å². The second kappa shape index (κ2) is 9.00. The van der Waals surface area contributed by atoms with Gasteiger partial charge in [0, 0.05) is 49.8 Å². The molecule has 2 N–H and O–H groups in total. The van der Waals surface area contributed by atoms with Gasteiger partial charge in [0.15, 0.2) is 0 Å². The summed E-state index contributed by atoms with van der Waals surface area (Å²) in [6.07, 6.45) is 1.17. The lowest BCUT2D eigenvalue weighted by atomic mass is 10.0. The molecule has 1 aliphatic rings. The van der Waals surface area contributed by atoms with E-state index < -0.39 is 0 Å². The zero-order chi connectivity index (χ0) is 13.7. The second-order valence-corrected chi connectivity index (χ2v) is 6.06. The third-order valence-corrected chi connectivity index (χ3v) is 4.46. The van der Waals surface area contributed by atoms with Gasteiger partial charge in [0.1, 0.15) is 0 Å². The molecule has 0 aliphatic carbocycles. The van der Waals surface area contributed by atoms with Crippen LogP contribution in [0, 0.1) is 0 Å². The number of rotatable bonds is 5. The molecule has 5 heteroatoms. The summed E-state index contributed by atoms with van der Waals surface area (Å²) in [6, 6.07) is 9.31. The molecule has 0 radical (unpaired) electrons. The number of nitrogens with zero attached hydrogens (tertiary/aromatic N) is 2. The minimum Gasteiger partial charge on any atom is -0.329 e. The van der Waals surface area contributed by atoms with Crippen LogP contribution in [0.5, 0.6) is 0 Å². The van der Waals surface area contributed by atoms with Crippen LogP contribution in [0.2, 0.25) is 0 Å². The van der Waals surface area contributed by atoms with Gasteiger partial charge in [-0.15, -0.1) is 12.4 Å². The molecule has 1 aromatic carbocycles. The van der Waals surface area contributed by atoms with Gasteiger partial charge in [0.2, 0.25) is 0 Å². The Balaban J connectivity index is 0.00000200. The molecule has 0 spiro atoms. The van der Waals surface area contributed by atoms with Crippen molar-refractivity contribution in [2.24, 2.45) is 5.73 Å². The van der Waals surface area contributed by atoms with Crippen LogP contribution in [0.15, 0.2) is 28.7 Å². The third kappa shape index (κ3) is 4.71. The van der Waals surface area contributed by atoms with Crippen LogP contribution in [-0.4, -0.2) is 49.1 Å². The van der Waals surface area contributed by atoms with Crippen molar-refractivity contribution in [1.82, 2.24) is 9.80 Å². The van der Waals surface area contributed by atoms with Crippen LogP contribution in [0.1, 0.15) is 24.9 Å². The fourth-order valence-electron chi connectivity index (χ4n) is 2.87. The summed E-state index contributed by atoms with van der Waals surface area (Å²) in [5.41, 5.74) is 7.05. The Kier molecular flexibility index (Phi) is 8.07. The van der Waals surface area contributed by atoms with E-state index in [1.54, 1.807) is 0 Å². The van der Waals surface area contributed by atoms with E-state index in [9.17, 15) is 0 Å². The van der Waals surface area contributed by atoms with Crippen molar-refractivity contribution in [3.63, 3.8) is 0 Å². The van der Waals surface area contributed by atoms with Gasteiger partial charge in [-0.3, -0.25) is 9.80 Å². The largest absolute Gasteiger partial charge is 0.329 e. The molecule has 1 unspecified atom stereocenters. The molecular weight excluding hydrogens is 338 g/mol. The number of hydrogen-bond acceptors (Lipinski definition) is 3. The van der Waals surface area contributed by atoms with Crippen LogP contribution >= 0.6 is 28.3 Å². The van der Waals surface area contributed by atoms with Crippen molar-refractivity contribution in [3.8, 4) is 0 Å². The maximum atomic E-state index is 5.63. The predicted octanol–water partition coefficient (Wildman–Crippen LogP) is 2.90. The molecule has 0 amide bonds. The first kappa shape index (κ1) is 17.9. The van der Waals surface area contributed by atoms with Gasteiger partial charge in [0.25, 0.3) is 0 Å². The zero-order valence-corrected chi connectivity index (χ0v) is 14.5. The van der Waals surface area contributed by atoms with E-state index in [0.29, 0.717) is 6.04 Å². The lowest BCUT2D eigenvalue weighted by Gasteiger charge is -2.39. The van der Waals surface area contributed by atoms with Crippen LogP contribution in [-0.2, 0) is 0 Å². The highest BCUT2D eigenvalue weighted by Crippen LogP contribution is 2.26. The molecule has 1 saturated heterocycles. The van der Waals surface area contributed by atoms with Crippen LogP contribution in [0.3, 0.4) is 0 Å². The quantitative estimate of drug-likeness (QED) is 0.874. The molecule has 3 nitrogen and oxygen atoms in total. The summed E-state index contributed by atoms with van der Waals surface area (Å²) in [5.74, 6) is 0. The lowest BCUT2D eigenvalue weighted by molar-refractivity contribution is 0.0956. The Morgan fingerprint density at radius 3 is 2.25 bits per heavy atom. The van der Waals surface area contributed by atoms with Gasteiger partial charge in [-0.2, -0.15) is 0 Å². The molecule has 20 heavy (non-hydrogen) atoms. The SMILES string of the molecule is CCC(c1ccc(Br)cc1)N1CCN(CCN)CC1.Cl. The number of benzene rings is 1. The molecule has 2 rings (SSSR count). The van der Waals surface area contributed by atoms with Crippen molar-refractivity contribution >= 4 is 28.3 Å². The van der Waals surface area contributed by atoms with E-state index in [-0.39, 0.29) is 12.4 Å². The van der Waals surface area contributed by atoms with Gasteiger partial charge >= 0.3 is 0 Å². The van der Waals surface area contributed by atoms with Crippen molar-refractivity contribution in [2.45, 2.75) is 19.4 Å². The van der Waals surface area contributed by atoms with E-state index in [1.807, 2.05) is 0 Å². The lowest BCUT2D eigenvalue weighted by Crippen LogP contribution is -2.48. The van der Waals surface area contributed by atoms with E-state index in [2.05, 4.69) is 56.9 Å². The van der Waals surface area contributed by atoms with E-state index >= 15 is 0 Å². The molecule has 0 bridgehead atoms. The van der Waals surface area contributed by atoms with Gasteiger partial charge in [-0.1, -0.05) is 35.0 Å².